The smallest absolute Gasteiger partial charge is 0.321 e. The van der Waals surface area contributed by atoms with Gasteiger partial charge in [-0.3, -0.25) is 4.98 Å². The van der Waals surface area contributed by atoms with Gasteiger partial charge < -0.3 is 10.1 Å². The van der Waals surface area contributed by atoms with Gasteiger partial charge >= 0.3 is 6.01 Å². The van der Waals surface area contributed by atoms with E-state index in [-0.39, 0.29) is 6.01 Å². The van der Waals surface area contributed by atoms with Crippen LogP contribution in [0.5, 0.6) is 6.01 Å². The second-order valence-electron chi connectivity index (χ2n) is 4.58. The monoisotopic (exact) mass is 281 g/mol. The fourth-order valence-corrected chi connectivity index (χ4v) is 2.06. The number of fused-ring (bicyclic) bond motifs is 1. The molecule has 0 atom stereocenters. The van der Waals surface area contributed by atoms with Gasteiger partial charge in [-0.25, -0.2) is 0 Å². The van der Waals surface area contributed by atoms with Crippen molar-refractivity contribution in [3.05, 3.63) is 36.0 Å². The van der Waals surface area contributed by atoms with Crippen LogP contribution in [-0.2, 0) is 0 Å². The Morgan fingerprint density at radius 2 is 1.86 bits per heavy atom. The van der Waals surface area contributed by atoms with E-state index in [4.69, 9.17) is 4.74 Å². The molecular weight excluding hydrogens is 266 g/mol. The van der Waals surface area contributed by atoms with Crippen LogP contribution in [0.4, 0.5) is 5.95 Å². The molecule has 0 saturated carbocycles. The maximum absolute atomic E-state index is 5.11. The van der Waals surface area contributed by atoms with Crippen LogP contribution in [0.2, 0.25) is 0 Å². The van der Waals surface area contributed by atoms with Crippen molar-refractivity contribution in [3.8, 4) is 17.4 Å². The van der Waals surface area contributed by atoms with Gasteiger partial charge in [-0.15, -0.1) is 0 Å². The molecule has 0 unspecified atom stereocenters. The number of methoxy groups -OCH3 is 1. The van der Waals surface area contributed by atoms with Gasteiger partial charge in [0, 0.05) is 23.7 Å². The van der Waals surface area contributed by atoms with Gasteiger partial charge in [0.2, 0.25) is 5.95 Å². The van der Waals surface area contributed by atoms with Crippen LogP contribution in [0.15, 0.2) is 30.3 Å². The summed E-state index contributed by atoms with van der Waals surface area (Å²) >= 11 is 0. The van der Waals surface area contributed by atoms with Crippen molar-refractivity contribution in [1.29, 1.82) is 0 Å². The van der Waals surface area contributed by atoms with Crippen LogP contribution in [0, 0.1) is 6.92 Å². The van der Waals surface area contributed by atoms with Crippen molar-refractivity contribution < 1.29 is 4.74 Å². The zero-order valence-corrected chi connectivity index (χ0v) is 12.1. The fraction of sp³-hybridized carbons (Fsp3) is 0.200. The Balaban J connectivity index is 2.13. The van der Waals surface area contributed by atoms with Crippen molar-refractivity contribution in [2.45, 2.75) is 6.92 Å². The second kappa shape index (κ2) is 5.32. The Hall–Kier alpha value is -2.76. The van der Waals surface area contributed by atoms with Crippen molar-refractivity contribution in [2.75, 3.05) is 19.5 Å². The van der Waals surface area contributed by atoms with Crippen LogP contribution in [0.3, 0.4) is 0 Å². The number of hydrogen-bond donors (Lipinski definition) is 1. The summed E-state index contributed by atoms with van der Waals surface area (Å²) in [5, 5.41) is 3.95. The first-order valence-corrected chi connectivity index (χ1v) is 6.55. The molecule has 3 aromatic rings. The molecule has 106 valence electrons. The van der Waals surface area contributed by atoms with Crippen LogP contribution in [0.25, 0.3) is 22.3 Å². The number of benzene rings is 1. The maximum Gasteiger partial charge on any atom is 0.321 e. The van der Waals surface area contributed by atoms with E-state index < -0.39 is 0 Å². The predicted octanol–water partition coefficient (Wildman–Crippen LogP) is 2.45. The molecule has 1 aromatic carbocycles. The summed E-state index contributed by atoms with van der Waals surface area (Å²) in [6, 6.07) is 10.2. The number of pyridine rings is 1. The lowest BCUT2D eigenvalue weighted by Gasteiger charge is -2.06. The molecule has 0 aliphatic carbocycles. The third-order valence-electron chi connectivity index (χ3n) is 3.11. The molecule has 0 spiro atoms. The molecule has 2 heterocycles. The highest BCUT2D eigenvalue weighted by Gasteiger charge is 2.09. The molecule has 21 heavy (non-hydrogen) atoms. The molecular formula is C15H15N5O. The van der Waals surface area contributed by atoms with Crippen molar-refractivity contribution >= 4 is 16.9 Å². The van der Waals surface area contributed by atoms with Gasteiger partial charge in [0.15, 0.2) is 5.82 Å². The summed E-state index contributed by atoms with van der Waals surface area (Å²) in [6.45, 7) is 1.98. The minimum absolute atomic E-state index is 0.284. The average molecular weight is 281 g/mol. The first kappa shape index (κ1) is 13.2. The standard InChI is InChI=1S/C15H15N5O/c1-9-4-5-10-8-11(6-7-12(10)17-9)13-18-14(16-2)20-15(19-13)21-3/h4-8H,1-3H3,(H,16,18,19,20). The summed E-state index contributed by atoms with van der Waals surface area (Å²) < 4.78 is 5.11. The van der Waals surface area contributed by atoms with E-state index in [1.807, 2.05) is 37.3 Å². The van der Waals surface area contributed by atoms with Crippen molar-refractivity contribution in [2.24, 2.45) is 0 Å². The Morgan fingerprint density at radius 3 is 2.62 bits per heavy atom. The minimum atomic E-state index is 0.284. The minimum Gasteiger partial charge on any atom is -0.467 e. The van der Waals surface area contributed by atoms with Crippen LogP contribution >= 0.6 is 0 Å². The van der Waals surface area contributed by atoms with Crippen molar-refractivity contribution in [1.82, 2.24) is 19.9 Å². The normalized spacial score (nSPS) is 10.6. The number of hydrogen-bond acceptors (Lipinski definition) is 6. The Morgan fingerprint density at radius 1 is 1.00 bits per heavy atom. The maximum atomic E-state index is 5.11. The summed E-state index contributed by atoms with van der Waals surface area (Å²) in [7, 11) is 3.29. The van der Waals surface area contributed by atoms with Gasteiger partial charge in [0.05, 0.1) is 12.6 Å². The van der Waals surface area contributed by atoms with Gasteiger partial charge in [0.1, 0.15) is 0 Å². The van der Waals surface area contributed by atoms with E-state index >= 15 is 0 Å². The van der Waals surface area contributed by atoms with E-state index in [0.29, 0.717) is 11.8 Å². The third-order valence-corrected chi connectivity index (χ3v) is 3.11. The molecule has 0 amide bonds. The second-order valence-corrected chi connectivity index (χ2v) is 4.58. The third kappa shape index (κ3) is 2.60. The first-order chi connectivity index (χ1) is 10.2. The number of nitrogens with zero attached hydrogens (tertiary/aromatic N) is 4. The molecule has 0 bridgehead atoms. The highest BCUT2D eigenvalue weighted by atomic mass is 16.5. The molecule has 1 N–H and O–H groups in total. The van der Waals surface area contributed by atoms with E-state index in [1.165, 1.54) is 7.11 Å². The van der Waals surface area contributed by atoms with E-state index in [0.717, 1.165) is 22.2 Å². The Bertz CT molecular complexity index is 781. The SMILES string of the molecule is CNc1nc(OC)nc(-c2ccc3nc(C)ccc3c2)n1. The molecule has 6 heteroatoms. The lowest BCUT2D eigenvalue weighted by molar-refractivity contribution is 0.379. The van der Waals surface area contributed by atoms with Gasteiger partial charge in [-0.05, 0) is 31.2 Å². The number of nitrogens with one attached hydrogen (secondary N) is 1. The van der Waals surface area contributed by atoms with E-state index in [9.17, 15) is 0 Å². The first-order valence-electron chi connectivity index (χ1n) is 6.55. The van der Waals surface area contributed by atoms with E-state index in [2.05, 4.69) is 25.3 Å². The number of rotatable bonds is 3. The van der Waals surface area contributed by atoms with E-state index in [1.54, 1.807) is 7.05 Å². The number of ether oxygens (including phenoxy) is 1. The lowest BCUT2D eigenvalue weighted by Crippen LogP contribution is -2.03. The fourth-order valence-electron chi connectivity index (χ4n) is 2.06. The number of aromatic nitrogens is 4. The Labute approximate surface area is 122 Å². The number of anilines is 1. The molecule has 0 radical (unpaired) electrons. The lowest BCUT2D eigenvalue weighted by atomic mass is 10.1. The summed E-state index contributed by atoms with van der Waals surface area (Å²) in [4.78, 5) is 17.2. The quantitative estimate of drug-likeness (QED) is 0.795. The van der Waals surface area contributed by atoms with Crippen LogP contribution in [0.1, 0.15) is 5.69 Å². The molecule has 0 aliphatic heterocycles. The Kier molecular flexibility index (Phi) is 3.35. The molecule has 3 rings (SSSR count). The highest BCUT2D eigenvalue weighted by Crippen LogP contribution is 2.23. The van der Waals surface area contributed by atoms with Gasteiger partial charge in [0.25, 0.3) is 0 Å². The van der Waals surface area contributed by atoms with Gasteiger partial charge in [-0.2, -0.15) is 15.0 Å². The molecule has 6 nitrogen and oxygen atoms in total. The summed E-state index contributed by atoms with van der Waals surface area (Å²) in [5.41, 5.74) is 2.84. The highest BCUT2D eigenvalue weighted by molar-refractivity contribution is 5.83. The predicted molar refractivity (Wildman–Crippen MR) is 81.4 cm³/mol. The zero-order chi connectivity index (χ0) is 14.8. The molecule has 2 aromatic heterocycles. The van der Waals surface area contributed by atoms with Gasteiger partial charge in [-0.1, -0.05) is 6.07 Å². The molecule has 0 aliphatic rings. The average Bonchev–Trinajstić information content (AvgIpc) is 2.53. The largest absolute Gasteiger partial charge is 0.467 e. The van der Waals surface area contributed by atoms with Crippen LogP contribution < -0.4 is 10.1 Å². The summed E-state index contributed by atoms with van der Waals surface area (Å²) in [5.74, 6) is 1.03. The zero-order valence-electron chi connectivity index (χ0n) is 12.1. The van der Waals surface area contributed by atoms with Crippen molar-refractivity contribution in [3.63, 3.8) is 0 Å². The number of aryl methyl sites for hydroxylation is 1. The molecule has 0 fully saturated rings. The van der Waals surface area contributed by atoms with Crippen LogP contribution in [-0.4, -0.2) is 34.1 Å². The summed E-state index contributed by atoms with van der Waals surface area (Å²) in [6.07, 6.45) is 0. The molecule has 0 saturated heterocycles. The topological polar surface area (TPSA) is 72.8 Å².